The van der Waals surface area contributed by atoms with Crippen molar-refractivity contribution in [3.05, 3.63) is 71.0 Å². The monoisotopic (exact) mass is 344 g/mol. The van der Waals surface area contributed by atoms with Gasteiger partial charge in [-0.15, -0.1) is 0 Å². The van der Waals surface area contributed by atoms with Gasteiger partial charge < -0.3 is 15.4 Å². The van der Waals surface area contributed by atoms with E-state index in [1.807, 2.05) is 12.1 Å². The molecule has 0 radical (unpaired) electrons. The van der Waals surface area contributed by atoms with Crippen molar-refractivity contribution < 1.29 is 18.7 Å². The van der Waals surface area contributed by atoms with E-state index in [0.29, 0.717) is 25.3 Å². The van der Waals surface area contributed by atoms with Gasteiger partial charge in [-0.25, -0.2) is 4.39 Å². The third-order valence-corrected chi connectivity index (χ3v) is 3.54. The summed E-state index contributed by atoms with van der Waals surface area (Å²) in [6.07, 6.45) is 0.176. The number of ether oxygens (including phenoxy) is 1. The average Bonchev–Trinajstić information content (AvgIpc) is 2.61. The van der Waals surface area contributed by atoms with Crippen LogP contribution in [-0.2, 0) is 22.6 Å². The van der Waals surface area contributed by atoms with Crippen molar-refractivity contribution in [2.24, 2.45) is 0 Å². The molecule has 0 unspecified atom stereocenters. The van der Waals surface area contributed by atoms with Gasteiger partial charge in [0.15, 0.2) is 0 Å². The van der Waals surface area contributed by atoms with Crippen LogP contribution in [0.4, 0.5) is 4.39 Å². The number of amides is 2. The number of rotatable bonds is 8. The number of carbonyl (C=O) groups excluding carboxylic acids is 2. The van der Waals surface area contributed by atoms with E-state index in [1.54, 1.807) is 31.4 Å². The summed E-state index contributed by atoms with van der Waals surface area (Å²) >= 11 is 0. The number of halogens is 1. The summed E-state index contributed by atoms with van der Waals surface area (Å²) in [4.78, 5) is 23.8. The Kier molecular flexibility index (Phi) is 7.10. The Morgan fingerprint density at radius 1 is 0.920 bits per heavy atom. The van der Waals surface area contributed by atoms with Crippen LogP contribution in [0.25, 0.3) is 0 Å². The fourth-order valence-corrected chi connectivity index (χ4v) is 2.25. The minimum absolute atomic E-state index is 0.176. The summed E-state index contributed by atoms with van der Waals surface area (Å²) in [5.41, 5.74) is 2.28. The van der Waals surface area contributed by atoms with E-state index in [2.05, 4.69) is 10.6 Å². The number of methoxy groups -OCH3 is 1. The maximum absolute atomic E-state index is 12.8. The molecular weight excluding hydrogens is 323 g/mol. The first-order chi connectivity index (χ1) is 12.1. The van der Waals surface area contributed by atoms with Crippen LogP contribution < -0.4 is 10.6 Å². The van der Waals surface area contributed by atoms with Gasteiger partial charge in [-0.1, -0.05) is 24.3 Å². The van der Waals surface area contributed by atoms with Crippen molar-refractivity contribution >= 4 is 11.8 Å². The van der Waals surface area contributed by atoms with Gasteiger partial charge >= 0.3 is 0 Å². The Hall–Kier alpha value is -2.73. The second kappa shape index (κ2) is 9.54. The topological polar surface area (TPSA) is 67.4 Å². The maximum atomic E-state index is 12.8. The normalized spacial score (nSPS) is 10.3. The number of hydrogen-bond acceptors (Lipinski definition) is 3. The van der Waals surface area contributed by atoms with Gasteiger partial charge in [-0.3, -0.25) is 9.59 Å². The molecule has 0 aliphatic rings. The molecule has 2 rings (SSSR count). The van der Waals surface area contributed by atoms with Gasteiger partial charge in [0.05, 0.1) is 13.0 Å². The van der Waals surface area contributed by atoms with Crippen molar-refractivity contribution in [3.63, 3.8) is 0 Å². The van der Waals surface area contributed by atoms with Crippen LogP contribution in [0.5, 0.6) is 0 Å². The Morgan fingerprint density at radius 3 is 2.16 bits per heavy atom. The van der Waals surface area contributed by atoms with Crippen LogP contribution in [0.1, 0.15) is 21.5 Å². The van der Waals surface area contributed by atoms with Gasteiger partial charge in [-0.05, 0) is 35.4 Å². The Morgan fingerprint density at radius 2 is 1.52 bits per heavy atom. The third kappa shape index (κ3) is 6.35. The number of hydrogen-bond donors (Lipinski definition) is 2. The summed E-state index contributed by atoms with van der Waals surface area (Å²) in [5, 5.41) is 5.46. The molecule has 2 amide bonds. The highest BCUT2D eigenvalue weighted by molar-refractivity contribution is 5.94. The number of benzene rings is 2. The quantitative estimate of drug-likeness (QED) is 0.721. The zero-order valence-electron chi connectivity index (χ0n) is 14.0. The van der Waals surface area contributed by atoms with Crippen LogP contribution in [0.15, 0.2) is 48.5 Å². The standard InChI is InChI=1S/C19H21FN2O3/c1-25-13-15-2-6-16(7-3-15)19(24)22-11-10-21-18(23)12-14-4-8-17(20)9-5-14/h2-9H,10-13H2,1H3,(H,21,23)(H,22,24). The van der Waals surface area contributed by atoms with Crippen LogP contribution in [0.3, 0.4) is 0 Å². The van der Waals surface area contributed by atoms with Crippen molar-refractivity contribution in [1.82, 2.24) is 10.6 Å². The first-order valence-electron chi connectivity index (χ1n) is 7.95. The molecule has 2 aromatic carbocycles. The van der Waals surface area contributed by atoms with Gasteiger partial charge in [0, 0.05) is 25.8 Å². The Balaban J connectivity index is 1.68. The lowest BCUT2D eigenvalue weighted by atomic mass is 10.1. The summed E-state index contributed by atoms with van der Waals surface area (Å²) in [6, 6.07) is 12.9. The Labute approximate surface area is 146 Å². The van der Waals surface area contributed by atoms with Gasteiger partial charge in [0.2, 0.25) is 5.91 Å². The average molecular weight is 344 g/mol. The molecule has 0 aliphatic heterocycles. The van der Waals surface area contributed by atoms with E-state index in [4.69, 9.17) is 4.74 Å². The predicted molar refractivity (Wildman–Crippen MR) is 92.6 cm³/mol. The second-order valence-corrected chi connectivity index (χ2v) is 5.54. The zero-order chi connectivity index (χ0) is 18.1. The molecule has 0 bridgehead atoms. The molecule has 0 atom stereocenters. The SMILES string of the molecule is COCc1ccc(C(=O)NCCNC(=O)Cc2ccc(F)cc2)cc1. The molecule has 25 heavy (non-hydrogen) atoms. The first-order valence-corrected chi connectivity index (χ1v) is 7.95. The van der Waals surface area contributed by atoms with Crippen LogP contribution in [0, 0.1) is 5.82 Å². The molecule has 0 aromatic heterocycles. The maximum Gasteiger partial charge on any atom is 0.251 e. The number of nitrogens with one attached hydrogen (secondary N) is 2. The van der Waals surface area contributed by atoms with Crippen molar-refractivity contribution in [2.45, 2.75) is 13.0 Å². The molecule has 0 spiro atoms. The second-order valence-electron chi connectivity index (χ2n) is 5.54. The summed E-state index contributed by atoms with van der Waals surface area (Å²) in [6.45, 7) is 1.16. The highest BCUT2D eigenvalue weighted by atomic mass is 19.1. The molecule has 0 saturated carbocycles. The van der Waals surface area contributed by atoms with Crippen molar-refractivity contribution in [1.29, 1.82) is 0 Å². The molecule has 2 N–H and O–H groups in total. The van der Waals surface area contributed by atoms with Crippen LogP contribution >= 0.6 is 0 Å². The number of carbonyl (C=O) groups is 2. The lowest BCUT2D eigenvalue weighted by molar-refractivity contribution is -0.120. The largest absolute Gasteiger partial charge is 0.380 e. The minimum Gasteiger partial charge on any atom is -0.380 e. The molecular formula is C19H21FN2O3. The van der Waals surface area contributed by atoms with Gasteiger partial charge in [-0.2, -0.15) is 0 Å². The summed E-state index contributed by atoms with van der Waals surface area (Å²) in [5.74, 6) is -0.705. The fraction of sp³-hybridized carbons (Fsp3) is 0.263. The highest BCUT2D eigenvalue weighted by Crippen LogP contribution is 2.05. The van der Waals surface area contributed by atoms with Crippen LogP contribution in [0.2, 0.25) is 0 Å². The lowest BCUT2D eigenvalue weighted by Crippen LogP contribution is -2.35. The smallest absolute Gasteiger partial charge is 0.251 e. The van der Waals surface area contributed by atoms with Gasteiger partial charge in [0.1, 0.15) is 5.82 Å². The molecule has 0 aliphatic carbocycles. The Bertz CT molecular complexity index is 700. The summed E-state index contributed by atoms with van der Waals surface area (Å²) < 4.78 is 17.8. The van der Waals surface area contributed by atoms with E-state index < -0.39 is 0 Å². The molecule has 0 fully saturated rings. The fourth-order valence-electron chi connectivity index (χ4n) is 2.25. The predicted octanol–water partition coefficient (Wildman–Crippen LogP) is 2.06. The lowest BCUT2D eigenvalue weighted by Gasteiger charge is -2.08. The molecule has 2 aromatic rings. The van der Waals surface area contributed by atoms with E-state index in [0.717, 1.165) is 11.1 Å². The summed E-state index contributed by atoms with van der Waals surface area (Å²) in [7, 11) is 1.62. The van der Waals surface area contributed by atoms with E-state index in [1.165, 1.54) is 12.1 Å². The molecule has 0 heterocycles. The van der Waals surface area contributed by atoms with E-state index in [9.17, 15) is 14.0 Å². The van der Waals surface area contributed by atoms with E-state index in [-0.39, 0.29) is 24.1 Å². The van der Waals surface area contributed by atoms with Crippen molar-refractivity contribution in [2.75, 3.05) is 20.2 Å². The highest BCUT2D eigenvalue weighted by Gasteiger charge is 2.06. The molecule has 0 saturated heterocycles. The molecule has 6 heteroatoms. The molecule has 5 nitrogen and oxygen atoms in total. The van der Waals surface area contributed by atoms with Crippen LogP contribution in [-0.4, -0.2) is 32.0 Å². The third-order valence-electron chi connectivity index (χ3n) is 3.54. The molecule has 132 valence electrons. The van der Waals surface area contributed by atoms with Crippen molar-refractivity contribution in [3.8, 4) is 0 Å². The van der Waals surface area contributed by atoms with E-state index >= 15 is 0 Å². The first kappa shape index (κ1) is 18.6. The minimum atomic E-state index is -0.331. The van der Waals surface area contributed by atoms with Gasteiger partial charge in [0.25, 0.3) is 5.91 Å². The zero-order valence-corrected chi connectivity index (χ0v) is 14.0.